The number of thiocarbonyl (C=S) groups is 1. The van der Waals surface area contributed by atoms with Crippen LogP contribution in [0, 0.1) is 0 Å². The molecule has 32 heavy (non-hydrogen) atoms. The summed E-state index contributed by atoms with van der Waals surface area (Å²) in [6.07, 6.45) is 3.34. The lowest BCUT2D eigenvalue weighted by molar-refractivity contribution is -0.117. The van der Waals surface area contributed by atoms with Gasteiger partial charge in [-0.2, -0.15) is 0 Å². The standard InChI is InChI=1S/C21H17ClN6O3S/c22-14-3-5-15(6-4-14)23-19(29)11-28-10-16(26-27-28)12-31-17-7-1-13(2-8-17)9-18-20(30)25-21(32)24-18/h1-10H,11-12H2,(H,23,29)(H2,24,25,30,32). The van der Waals surface area contributed by atoms with E-state index in [0.29, 0.717) is 27.9 Å². The summed E-state index contributed by atoms with van der Waals surface area (Å²) in [5.41, 5.74) is 2.43. The Morgan fingerprint density at radius 1 is 1.16 bits per heavy atom. The molecule has 1 aromatic heterocycles. The fourth-order valence-electron chi connectivity index (χ4n) is 2.83. The summed E-state index contributed by atoms with van der Waals surface area (Å²) in [5.74, 6) is 0.127. The first-order valence-electron chi connectivity index (χ1n) is 9.46. The highest BCUT2D eigenvalue weighted by atomic mass is 35.5. The molecule has 3 aromatic rings. The highest BCUT2D eigenvalue weighted by Gasteiger charge is 2.19. The van der Waals surface area contributed by atoms with Crippen molar-refractivity contribution in [3.8, 4) is 5.75 Å². The van der Waals surface area contributed by atoms with Crippen molar-refractivity contribution in [1.82, 2.24) is 25.6 Å². The fourth-order valence-corrected chi connectivity index (χ4v) is 3.16. The normalized spacial score (nSPS) is 14.2. The number of anilines is 1. The molecule has 1 aliphatic rings. The monoisotopic (exact) mass is 468 g/mol. The van der Waals surface area contributed by atoms with Gasteiger partial charge >= 0.3 is 0 Å². The van der Waals surface area contributed by atoms with Gasteiger partial charge in [-0.3, -0.25) is 14.9 Å². The highest BCUT2D eigenvalue weighted by molar-refractivity contribution is 7.80. The molecule has 1 fully saturated rings. The van der Waals surface area contributed by atoms with Gasteiger partial charge in [-0.25, -0.2) is 4.68 Å². The lowest BCUT2D eigenvalue weighted by Gasteiger charge is -2.05. The molecule has 0 saturated carbocycles. The second-order valence-corrected chi connectivity index (χ2v) is 7.63. The van der Waals surface area contributed by atoms with E-state index >= 15 is 0 Å². The second kappa shape index (κ2) is 9.58. The van der Waals surface area contributed by atoms with Crippen molar-refractivity contribution < 1.29 is 14.3 Å². The molecule has 9 nitrogen and oxygen atoms in total. The lowest BCUT2D eigenvalue weighted by Crippen LogP contribution is -2.21. The van der Waals surface area contributed by atoms with Gasteiger partial charge in [0.2, 0.25) is 5.91 Å². The van der Waals surface area contributed by atoms with Crippen LogP contribution >= 0.6 is 23.8 Å². The largest absolute Gasteiger partial charge is 0.487 e. The summed E-state index contributed by atoms with van der Waals surface area (Å²) < 4.78 is 7.15. The van der Waals surface area contributed by atoms with Crippen molar-refractivity contribution in [2.24, 2.45) is 0 Å². The SMILES string of the molecule is O=C(Cn1cc(COc2ccc(C=C3NC(=S)NC3=O)cc2)nn1)Nc1ccc(Cl)cc1. The molecule has 0 radical (unpaired) electrons. The van der Waals surface area contributed by atoms with E-state index < -0.39 is 0 Å². The first-order valence-corrected chi connectivity index (χ1v) is 10.2. The van der Waals surface area contributed by atoms with Gasteiger partial charge in [0.25, 0.3) is 5.91 Å². The number of carbonyl (C=O) groups excluding carboxylic acids is 2. The topological polar surface area (TPSA) is 110 Å². The van der Waals surface area contributed by atoms with Crippen LogP contribution in [0.25, 0.3) is 6.08 Å². The summed E-state index contributed by atoms with van der Waals surface area (Å²) in [6.45, 7) is 0.210. The van der Waals surface area contributed by atoms with Crippen molar-refractivity contribution in [1.29, 1.82) is 0 Å². The molecule has 2 aromatic carbocycles. The fraction of sp³-hybridized carbons (Fsp3) is 0.0952. The molecule has 4 rings (SSSR count). The average molecular weight is 469 g/mol. The molecule has 1 aliphatic heterocycles. The van der Waals surface area contributed by atoms with E-state index in [2.05, 4.69) is 26.3 Å². The summed E-state index contributed by atoms with van der Waals surface area (Å²) in [4.78, 5) is 23.8. The maximum atomic E-state index is 12.1. The first kappa shape index (κ1) is 21.5. The highest BCUT2D eigenvalue weighted by Crippen LogP contribution is 2.16. The van der Waals surface area contributed by atoms with Crippen molar-refractivity contribution in [2.45, 2.75) is 13.2 Å². The maximum absolute atomic E-state index is 12.1. The smallest absolute Gasteiger partial charge is 0.273 e. The van der Waals surface area contributed by atoms with Gasteiger partial charge < -0.3 is 15.4 Å². The van der Waals surface area contributed by atoms with Crippen LogP contribution in [0.5, 0.6) is 5.75 Å². The maximum Gasteiger partial charge on any atom is 0.273 e. The van der Waals surface area contributed by atoms with Crippen molar-refractivity contribution in [2.75, 3.05) is 5.32 Å². The van der Waals surface area contributed by atoms with Crippen LogP contribution in [0.1, 0.15) is 11.3 Å². The minimum Gasteiger partial charge on any atom is -0.487 e. The Kier molecular flexibility index (Phi) is 6.43. The predicted molar refractivity (Wildman–Crippen MR) is 123 cm³/mol. The second-order valence-electron chi connectivity index (χ2n) is 6.79. The van der Waals surface area contributed by atoms with Crippen LogP contribution < -0.4 is 20.7 Å². The molecule has 0 aliphatic carbocycles. The van der Waals surface area contributed by atoms with E-state index in [4.69, 9.17) is 28.6 Å². The predicted octanol–water partition coefficient (Wildman–Crippen LogP) is 2.49. The number of hydrogen-bond acceptors (Lipinski definition) is 6. The molecular formula is C21H17ClN6O3S. The van der Waals surface area contributed by atoms with Gasteiger partial charge in [0.1, 0.15) is 30.3 Å². The Bertz CT molecular complexity index is 1190. The average Bonchev–Trinajstić information content (AvgIpc) is 3.34. The Morgan fingerprint density at radius 2 is 1.91 bits per heavy atom. The number of halogens is 1. The third-order valence-electron chi connectivity index (χ3n) is 4.32. The van der Waals surface area contributed by atoms with Gasteiger partial charge in [-0.1, -0.05) is 28.9 Å². The molecule has 11 heteroatoms. The lowest BCUT2D eigenvalue weighted by atomic mass is 10.2. The molecule has 2 heterocycles. The number of ether oxygens (including phenoxy) is 1. The third-order valence-corrected chi connectivity index (χ3v) is 4.77. The van der Waals surface area contributed by atoms with Crippen molar-refractivity contribution in [3.63, 3.8) is 0 Å². The molecule has 0 atom stereocenters. The van der Waals surface area contributed by atoms with Crippen LogP contribution in [0.3, 0.4) is 0 Å². The van der Waals surface area contributed by atoms with E-state index in [1.807, 2.05) is 12.1 Å². The molecular weight excluding hydrogens is 452 g/mol. The first-order chi connectivity index (χ1) is 15.4. The van der Waals surface area contributed by atoms with Gasteiger partial charge in [0, 0.05) is 10.7 Å². The van der Waals surface area contributed by atoms with Crippen molar-refractivity contribution in [3.05, 3.63) is 76.7 Å². The Labute approximate surface area is 193 Å². The number of benzene rings is 2. The number of nitrogens with zero attached hydrogens (tertiary/aromatic N) is 3. The summed E-state index contributed by atoms with van der Waals surface area (Å²) in [7, 11) is 0. The number of nitrogens with one attached hydrogen (secondary N) is 3. The number of aromatic nitrogens is 3. The van der Waals surface area contributed by atoms with Gasteiger partial charge in [-0.05, 0) is 60.3 Å². The molecule has 2 amide bonds. The van der Waals surface area contributed by atoms with Gasteiger partial charge in [-0.15, -0.1) is 5.10 Å². The zero-order valence-corrected chi connectivity index (χ0v) is 18.1. The zero-order chi connectivity index (χ0) is 22.5. The zero-order valence-electron chi connectivity index (χ0n) is 16.5. The van der Waals surface area contributed by atoms with Crippen molar-refractivity contribution >= 4 is 52.5 Å². The minimum atomic E-state index is -0.264. The number of amides is 2. The summed E-state index contributed by atoms with van der Waals surface area (Å²) in [5, 5.41) is 16.9. The molecule has 0 spiro atoms. The molecule has 162 valence electrons. The Morgan fingerprint density at radius 3 is 2.59 bits per heavy atom. The van der Waals surface area contributed by atoms with Crippen LogP contribution in [0.2, 0.25) is 5.02 Å². The molecule has 0 unspecified atom stereocenters. The van der Waals surface area contributed by atoms with E-state index in [9.17, 15) is 9.59 Å². The van der Waals surface area contributed by atoms with E-state index in [1.165, 1.54) is 4.68 Å². The number of carbonyl (C=O) groups is 2. The van der Waals surface area contributed by atoms with E-state index in [1.54, 1.807) is 48.7 Å². The molecule has 0 bridgehead atoms. The minimum absolute atomic E-state index is 0.0179. The molecule has 3 N–H and O–H groups in total. The third kappa shape index (κ3) is 5.68. The number of rotatable bonds is 7. The number of hydrogen-bond donors (Lipinski definition) is 3. The van der Waals surface area contributed by atoms with E-state index in [-0.39, 0.29) is 30.1 Å². The van der Waals surface area contributed by atoms with Crippen LogP contribution in [-0.2, 0) is 22.7 Å². The van der Waals surface area contributed by atoms with Crippen LogP contribution in [-0.4, -0.2) is 31.9 Å². The van der Waals surface area contributed by atoms with Crippen LogP contribution in [0.15, 0.2) is 60.4 Å². The van der Waals surface area contributed by atoms with E-state index in [0.717, 1.165) is 5.56 Å². The van der Waals surface area contributed by atoms with Gasteiger partial charge in [0.15, 0.2) is 5.11 Å². The van der Waals surface area contributed by atoms with Crippen LogP contribution in [0.4, 0.5) is 5.69 Å². The summed E-state index contributed by atoms with van der Waals surface area (Å²) >= 11 is 10.7. The summed E-state index contributed by atoms with van der Waals surface area (Å²) in [6, 6.07) is 14.0. The quantitative estimate of drug-likeness (QED) is 0.361. The molecule has 1 saturated heterocycles. The Balaban J connectivity index is 1.28. The Hall–Kier alpha value is -3.76. The van der Waals surface area contributed by atoms with Gasteiger partial charge in [0.05, 0.1) is 6.20 Å².